The summed E-state index contributed by atoms with van der Waals surface area (Å²) in [5.41, 5.74) is 7.46. The fourth-order valence-electron chi connectivity index (χ4n) is 2.08. The summed E-state index contributed by atoms with van der Waals surface area (Å²) in [4.78, 5) is 12.1. The van der Waals surface area contributed by atoms with Crippen molar-refractivity contribution in [3.8, 4) is 0 Å². The summed E-state index contributed by atoms with van der Waals surface area (Å²) in [6, 6.07) is 7.97. The Morgan fingerprint density at radius 3 is 2.72 bits per heavy atom. The number of ether oxygens (including phenoxy) is 1. The number of carbonyl (C=O) groups excluding carboxylic acids is 1. The lowest BCUT2D eigenvalue weighted by Crippen LogP contribution is -2.53. The fourth-order valence-corrected chi connectivity index (χ4v) is 2.08. The van der Waals surface area contributed by atoms with Gasteiger partial charge in [0.1, 0.15) is 0 Å². The van der Waals surface area contributed by atoms with E-state index in [0.717, 1.165) is 17.5 Å². The van der Waals surface area contributed by atoms with E-state index in [-0.39, 0.29) is 11.3 Å². The summed E-state index contributed by atoms with van der Waals surface area (Å²) >= 11 is 0. The Hall–Kier alpha value is -1.39. The van der Waals surface area contributed by atoms with Crippen LogP contribution in [0.5, 0.6) is 0 Å². The molecule has 1 aliphatic heterocycles. The number of carbonyl (C=O) groups is 1. The summed E-state index contributed by atoms with van der Waals surface area (Å²) in [7, 11) is 0. The van der Waals surface area contributed by atoms with Crippen molar-refractivity contribution >= 4 is 5.91 Å². The van der Waals surface area contributed by atoms with E-state index in [4.69, 9.17) is 10.5 Å². The van der Waals surface area contributed by atoms with E-state index in [2.05, 4.69) is 5.32 Å². The molecule has 1 saturated heterocycles. The lowest BCUT2D eigenvalue weighted by atomic mass is 9.82. The average Bonchev–Trinajstić information content (AvgIpc) is 2.36. The maximum Gasteiger partial charge on any atom is 0.231 e. The Bertz CT molecular complexity index is 422. The molecule has 0 bridgehead atoms. The van der Waals surface area contributed by atoms with Gasteiger partial charge in [0.15, 0.2) is 0 Å². The fraction of sp³-hybridized carbons (Fsp3) is 0.500. The van der Waals surface area contributed by atoms with Gasteiger partial charge in [-0.05, 0) is 17.5 Å². The van der Waals surface area contributed by atoms with Gasteiger partial charge in [-0.2, -0.15) is 0 Å². The highest BCUT2D eigenvalue weighted by atomic mass is 16.5. The third-order valence-corrected chi connectivity index (χ3v) is 3.60. The first-order valence-corrected chi connectivity index (χ1v) is 6.34. The number of amides is 1. The minimum atomic E-state index is -0.300. The molecule has 1 heterocycles. The van der Waals surface area contributed by atoms with Crippen molar-refractivity contribution in [2.24, 2.45) is 11.1 Å². The molecule has 0 saturated carbocycles. The molecule has 0 aliphatic carbocycles. The van der Waals surface area contributed by atoms with Crippen LogP contribution in [0.25, 0.3) is 0 Å². The summed E-state index contributed by atoms with van der Waals surface area (Å²) in [5, 5.41) is 2.98. The molecule has 0 atom stereocenters. The number of benzene rings is 1. The van der Waals surface area contributed by atoms with Crippen LogP contribution >= 0.6 is 0 Å². The predicted molar refractivity (Wildman–Crippen MR) is 69.7 cm³/mol. The first-order valence-electron chi connectivity index (χ1n) is 6.34. The van der Waals surface area contributed by atoms with Gasteiger partial charge < -0.3 is 15.8 Å². The van der Waals surface area contributed by atoms with Crippen LogP contribution in [-0.2, 0) is 22.6 Å². The first-order chi connectivity index (χ1) is 8.70. The van der Waals surface area contributed by atoms with E-state index in [1.54, 1.807) is 0 Å². The summed E-state index contributed by atoms with van der Waals surface area (Å²) in [6.07, 6.45) is 0.821. The molecule has 4 heteroatoms. The maximum atomic E-state index is 12.1. The molecule has 1 aromatic carbocycles. The van der Waals surface area contributed by atoms with Crippen LogP contribution in [0.4, 0.5) is 0 Å². The minimum absolute atomic E-state index is 0.0920. The Labute approximate surface area is 108 Å². The quantitative estimate of drug-likeness (QED) is 0.822. The van der Waals surface area contributed by atoms with Crippen molar-refractivity contribution in [2.75, 3.05) is 13.2 Å². The Balaban J connectivity index is 1.92. The molecule has 0 spiro atoms. The smallest absolute Gasteiger partial charge is 0.231 e. The molecule has 1 aliphatic rings. The summed E-state index contributed by atoms with van der Waals surface area (Å²) < 4.78 is 5.16. The highest BCUT2D eigenvalue weighted by molar-refractivity contribution is 5.83. The highest BCUT2D eigenvalue weighted by Gasteiger charge is 2.43. The van der Waals surface area contributed by atoms with Gasteiger partial charge in [0, 0.05) is 13.1 Å². The molecular formula is C14H20N2O2. The largest absolute Gasteiger partial charge is 0.379 e. The molecule has 4 nitrogen and oxygen atoms in total. The Morgan fingerprint density at radius 1 is 1.44 bits per heavy atom. The van der Waals surface area contributed by atoms with Crippen molar-refractivity contribution in [1.29, 1.82) is 0 Å². The van der Waals surface area contributed by atoms with Crippen molar-refractivity contribution in [2.45, 2.75) is 26.4 Å². The molecule has 2 rings (SSSR count). The van der Waals surface area contributed by atoms with Gasteiger partial charge in [-0.25, -0.2) is 0 Å². The van der Waals surface area contributed by atoms with E-state index in [9.17, 15) is 4.79 Å². The zero-order valence-electron chi connectivity index (χ0n) is 10.7. The van der Waals surface area contributed by atoms with Crippen molar-refractivity contribution in [3.05, 3.63) is 35.4 Å². The van der Waals surface area contributed by atoms with Gasteiger partial charge >= 0.3 is 0 Å². The lowest BCUT2D eigenvalue weighted by molar-refractivity contribution is -0.162. The van der Waals surface area contributed by atoms with Gasteiger partial charge in [-0.3, -0.25) is 4.79 Å². The molecular weight excluding hydrogens is 228 g/mol. The SMILES string of the molecule is CCC1(C(=O)NCc2cccc(CN)c2)COC1. The van der Waals surface area contributed by atoms with Crippen LogP contribution in [0, 0.1) is 5.41 Å². The van der Waals surface area contributed by atoms with Gasteiger partial charge in [-0.15, -0.1) is 0 Å². The van der Waals surface area contributed by atoms with Gasteiger partial charge in [0.05, 0.1) is 18.6 Å². The molecule has 3 N–H and O–H groups in total. The summed E-state index contributed by atoms with van der Waals surface area (Å²) in [6.45, 7) is 4.18. The van der Waals surface area contributed by atoms with E-state index in [1.165, 1.54) is 0 Å². The Kier molecular flexibility index (Phi) is 3.99. The van der Waals surface area contributed by atoms with Gasteiger partial charge in [0.2, 0.25) is 5.91 Å². The normalized spacial score (nSPS) is 17.0. The highest BCUT2D eigenvalue weighted by Crippen LogP contribution is 2.31. The van der Waals surface area contributed by atoms with E-state index in [1.807, 2.05) is 31.2 Å². The standard InChI is InChI=1S/C14H20N2O2/c1-2-14(9-18-10-14)13(17)16-8-12-5-3-4-11(6-12)7-15/h3-6H,2,7-10,15H2,1H3,(H,16,17). The Morgan fingerprint density at radius 2 is 2.17 bits per heavy atom. The molecule has 1 fully saturated rings. The molecule has 0 unspecified atom stereocenters. The topological polar surface area (TPSA) is 64.4 Å². The number of nitrogens with two attached hydrogens (primary N) is 1. The van der Waals surface area contributed by atoms with Crippen molar-refractivity contribution in [3.63, 3.8) is 0 Å². The van der Waals surface area contributed by atoms with Crippen LogP contribution in [0.1, 0.15) is 24.5 Å². The number of rotatable bonds is 5. The number of hydrogen-bond acceptors (Lipinski definition) is 3. The van der Waals surface area contributed by atoms with Crippen molar-refractivity contribution in [1.82, 2.24) is 5.32 Å². The molecule has 0 aromatic heterocycles. The van der Waals surface area contributed by atoms with Gasteiger partial charge in [0.25, 0.3) is 0 Å². The van der Waals surface area contributed by atoms with E-state index >= 15 is 0 Å². The van der Waals surface area contributed by atoms with Crippen LogP contribution in [0.3, 0.4) is 0 Å². The van der Waals surface area contributed by atoms with E-state index < -0.39 is 0 Å². The second-order valence-corrected chi connectivity index (χ2v) is 4.83. The van der Waals surface area contributed by atoms with Crippen LogP contribution in [-0.4, -0.2) is 19.1 Å². The third-order valence-electron chi connectivity index (χ3n) is 3.60. The molecule has 98 valence electrons. The molecule has 18 heavy (non-hydrogen) atoms. The van der Waals surface area contributed by atoms with Gasteiger partial charge in [-0.1, -0.05) is 31.2 Å². The zero-order chi connectivity index (χ0) is 13.0. The van der Waals surface area contributed by atoms with Crippen LogP contribution in [0.15, 0.2) is 24.3 Å². The van der Waals surface area contributed by atoms with E-state index in [0.29, 0.717) is 26.3 Å². The van der Waals surface area contributed by atoms with Crippen molar-refractivity contribution < 1.29 is 9.53 Å². The average molecular weight is 248 g/mol. The van der Waals surface area contributed by atoms with Crippen LogP contribution in [0.2, 0.25) is 0 Å². The monoisotopic (exact) mass is 248 g/mol. The third kappa shape index (κ3) is 2.54. The molecule has 0 radical (unpaired) electrons. The zero-order valence-corrected chi connectivity index (χ0v) is 10.7. The minimum Gasteiger partial charge on any atom is -0.379 e. The predicted octanol–water partition coefficient (Wildman–Crippen LogP) is 1.19. The number of hydrogen-bond donors (Lipinski definition) is 2. The first kappa shape index (κ1) is 13.1. The second-order valence-electron chi connectivity index (χ2n) is 4.83. The van der Waals surface area contributed by atoms with Crippen LogP contribution < -0.4 is 11.1 Å². The molecule has 1 aromatic rings. The molecule has 1 amide bonds. The maximum absolute atomic E-state index is 12.1. The number of nitrogens with one attached hydrogen (secondary N) is 1. The lowest BCUT2D eigenvalue weighted by Gasteiger charge is -2.39. The second kappa shape index (κ2) is 5.50. The summed E-state index contributed by atoms with van der Waals surface area (Å²) in [5.74, 6) is 0.0920.